The second kappa shape index (κ2) is 9.13. The van der Waals surface area contributed by atoms with Gasteiger partial charge >= 0.3 is 0 Å². The van der Waals surface area contributed by atoms with Gasteiger partial charge in [0.25, 0.3) is 0 Å². The van der Waals surface area contributed by atoms with Crippen molar-refractivity contribution in [2.45, 2.75) is 32.3 Å². The summed E-state index contributed by atoms with van der Waals surface area (Å²) in [6.45, 7) is 4.84. The molecule has 9 nitrogen and oxygen atoms in total. The molecule has 1 atom stereocenters. The van der Waals surface area contributed by atoms with E-state index in [4.69, 9.17) is 9.26 Å². The summed E-state index contributed by atoms with van der Waals surface area (Å²) in [4.78, 5) is 30.3. The second-order valence-electron chi connectivity index (χ2n) is 8.06. The van der Waals surface area contributed by atoms with Crippen LogP contribution in [0.25, 0.3) is 11.4 Å². The fourth-order valence-corrected chi connectivity index (χ4v) is 4.36. The lowest BCUT2D eigenvalue weighted by atomic mass is 10.0. The average Bonchev–Trinajstić information content (AvgIpc) is 3.33. The van der Waals surface area contributed by atoms with E-state index in [0.717, 1.165) is 25.1 Å². The van der Waals surface area contributed by atoms with Crippen LogP contribution < -0.4 is 4.90 Å². The van der Waals surface area contributed by atoms with Gasteiger partial charge in [-0.3, -0.25) is 9.69 Å². The van der Waals surface area contributed by atoms with Gasteiger partial charge in [-0.2, -0.15) is 4.98 Å². The van der Waals surface area contributed by atoms with Crippen molar-refractivity contribution >= 4 is 11.6 Å². The molecule has 0 bridgehead atoms. The first kappa shape index (κ1) is 20.7. The van der Waals surface area contributed by atoms with Crippen LogP contribution in [0.5, 0.6) is 0 Å². The summed E-state index contributed by atoms with van der Waals surface area (Å²) in [7, 11) is 0. The van der Waals surface area contributed by atoms with Gasteiger partial charge in [0.2, 0.25) is 17.6 Å². The summed E-state index contributed by atoms with van der Waals surface area (Å²) < 4.78 is 11.3. The summed E-state index contributed by atoms with van der Waals surface area (Å²) in [5.41, 5.74) is 3.68. The number of fused-ring (bicyclic) bond motifs is 1. The van der Waals surface area contributed by atoms with Gasteiger partial charge < -0.3 is 14.2 Å². The molecule has 9 heteroatoms. The first-order valence-electron chi connectivity index (χ1n) is 11.1. The van der Waals surface area contributed by atoms with Crippen LogP contribution in [0.3, 0.4) is 0 Å². The Labute approximate surface area is 186 Å². The number of rotatable bonds is 5. The number of carbonyl (C=O) groups excluding carboxylic acids is 1. The SMILES string of the molecule is CCc1nc(-c2cncnc2C2CN(CC(=O)N3CCCc4ccccc43)CCO2)no1. The van der Waals surface area contributed by atoms with Gasteiger partial charge in [0.1, 0.15) is 12.4 Å². The highest BCUT2D eigenvalue weighted by Crippen LogP contribution is 2.30. The van der Waals surface area contributed by atoms with Crippen molar-refractivity contribution in [1.29, 1.82) is 0 Å². The van der Waals surface area contributed by atoms with Gasteiger partial charge in [-0.25, -0.2) is 9.97 Å². The van der Waals surface area contributed by atoms with Crippen molar-refractivity contribution < 1.29 is 14.1 Å². The number of hydrogen-bond acceptors (Lipinski definition) is 8. The van der Waals surface area contributed by atoms with Crippen molar-refractivity contribution in [3.05, 3.63) is 53.9 Å². The van der Waals surface area contributed by atoms with E-state index in [9.17, 15) is 4.79 Å². The van der Waals surface area contributed by atoms with Gasteiger partial charge in [-0.15, -0.1) is 0 Å². The van der Waals surface area contributed by atoms with Gasteiger partial charge in [0, 0.05) is 37.9 Å². The Hall–Kier alpha value is -3.17. The molecule has 3 aromatic rings. The number of aromatic nitrogens is 4. The summed E-state index contributed by atoms with van der Waals surface area (Å²) in [5.74, 6) is 1.14. The zero-order chi connectivity index (χ0) is 21.9. The van der Waals surface area contributed by atoms with Crippen LogP contribution in [0.1, 0.15) is 36.6 Å². The monoisotopic (exact) mass is 434 g/mol. The maximum atomic E-state index is 13.2. The molecule has 1 saturated heterocycles. The molecule has 1 aromatic carbocycles. The fraction of sp³-hybridized carbons (Fsp3) is 0.435. The lowest BCUT2D eigenvalue weighted by Gasteiger charge is -2.35. The molecular weight excluding hydrogens is 408 g/mol. The molecule has 166 valence electrons. The van der Waals surface area contributed by atoms with Crippen LogP contribution in [-0.4, -0.2) is 63.7 Å². The molecule has 2 aromatic heterocycles. The third-order valence-electron chi connectivity index (χ3n) is 5.98. The van der Waals surface area contributed by atoms with Crippen LogP contribution in [0.4, 0.5) is 5.69 Å². The number of aryl methyl sites for hydroxylation is 2. The van der Waals surface area contributed by atoms with Crippen LogP contribution in [0.15, 0.2) is 41.3 Å². The number of amides is 1. The normalized spacial score (nSPS) is 19.0. The minimum atomic E-state index is -0.299. The molecular formula is C23H26N6O3. The average molecular weight is 435 g/mol. The Balaban J connectivity index is 1.31. The smallest absolute Gasteiger partial charge is 0.241 e. The number of carbonyl (C=O) groups is 1. The van der Waals surface area contributed by atoms with E-state index in [2.05, 4.69) is 31.1 Å². The Kier molecular flexibility index (Phi) is 5.91. The van der Waals surface area contributed by atoms with Crippen molar-refractivity contribution in [2.75, 3.05) is 37.7 Å². The van der Waals surface area contributed by atoms with E-state index < -0.39 is 0 Å². The van der Waals surface area contributed by atoms with Crippen molar-refractivity contribution in [1.82, 2.24) is 25.0 Å². The number of ether oxygens (including phenoxy) is 1. The molecule has 5 rings (SSSR count). The highest BCUT2D eigenvalue weighted by Gasteiger charge is 2.30. The maximum absolute atomic E-state index is 13.2. The molecule has 0 aliphatic carbocycles. The number of para-hydroxylation sites is 1. The Morgan fingerprint density at radius 2 is 2.16 bits per heavy atom. The van der Waals surface area contributed by atoms with Crippen LogP contribution in [0.2, 0.25) is 0 Å². The number of nitrogens with zero attached hydrogens (tertiary/aromatic N) is 6. The lowest BCUT2D eigenvalue weighted by molar-refractivity contribution is -0.122. The van der Waals surface area contributed by atoms with Gasteiger partial charge in [-0.1, -0.05) is 30.3 Å². The van der Waals surface area contributed by atoms with E-state index in [0.29, 0.717) is 55.6 Å². The Morgan fingerprint density at radius 3 is 3.03 bits per heavy atom. The van der Waals surface area contributed by atoms with Crippen molar-refractivity contribution in [3.8, 4) is 11.4 Å². The van der Waals surface area contributed by atoms with Gasteiger partial charge in [0.15, 0.2) is 0 Å². The fourth-order valence-electron chi connectivity index (χ4n) is 4.36. The van der Waals surface area contributed by atoms with Crippen molar-refractivity contribution in [2.24, 2.45) is 0 Å². The minimum absolute atomic E-state index is 0.117. The Bertz CT molecular complexity index is 1100. The summed E-state index contributed by atoms with van der Waals surface area (Å²) in [6.07, 6.45) is 5.55. The molecule has 4 heterocycles. The van der Waals surface area contributed by atoms with E-state index in [1.54, 1.807) is 6.20 Å². The second-order valence-corrected chi connectivity index (χ2v) is 8.06. The van der Waals surface area contributed by atoms with Crippen LogP contribution >= 0.6 is 0 Å². The quantitative estimate of drug-likeness (QED) is 0.604. The number of morpholine rings is 1. The van der Waals surface area contributed by atoms with E-state index in [1.807, 2.05) is 30.0 Å². The Morgan fingerprint density at radius 1 is 1.25 bits per heavy atom. The van der Waals surface area contributed by atoms with Gasteiger partial charge in [-0.05, 0) is 24.5 Å². The largest absolute Gasteiger partial charge is 0.369 e. The predicted molar refractivity (Wildman–Crippen MR) is 117 cm³/mol. The number of hydrogen-bond donors (Lipinski definition) is 0. The molecule has 2 aliphatic rings. The highest BCUT2D eigenvalue weighted by atomic mass is 16.5. The van der Waals surface area contributed by atoms with Crippen molar-refractivity contribution in [3.63, 3.8) is 0 Å². The van der Waals surface area contributed by atoms with E-state index in [1.165, 1.54) is 11.9 Å². The standard InChI is InChI=1S/C23H26N6O3/c1-2-20-26-23(27-32-20)17-12-24-15-25-22(17)19-13-28(10-11-31-19)14-21(30)29-9-5-7-16-6-3-4-8-18(16)29/h3-4,6,8,12,15,19H,2,5,7,9-11,13-14H2,1H3. The first-order chi connectivity index (χ1) is 15.7. The topological polar surface area (TPSA) is 97.5 Å². The molecule has 2 aliphatic heterocycles. The summed E-state index contributed by atoms with van der Waals surface area (Å²) >= 11 is 0. The zero-order valence-electron chi connectivity index (χ0n) is 18.1. The number of anilines is 1. The van der Waals surface area contributed by atoms with Gasteiger partial charge in [0.05, 0.1) is 24.4 Å². The minimum Gasteiger partial charge on any atom is -0.369 e. The lowest BCUT2D eigenvalue weighted by Crippen LogP contribution is -2.47. The highest BCUT2D eigenvalue weighted by molar-refractivity contribution is 5.96. The zero-order valence-corrected chi connectivity index (χ0v) is 18.1. The third-order valence-corrected chi connectivity index (χ3v) is 5.98. The molecule has 0 spiro atoms. The summed E-state index contributed by atoms with van der Waals surface area (Å²) in [5, 5.41) is 4.07. The molecule has 32 heavy (non-hydrogen) atoms. The van der Waals surface area contributed by atoms with E-state index in [-0.39, 0.29) is 12.0 Å². The van der Waals surface area contributed by atoms with E-state index >= 15 is 0 Å². The summed E-state index contributed by atoms with van der Waals surface area (Å²) in [6, 6.07) is 8.18. The molecule has 1 unspecified atom stereocenters. The maximum Gasteiger partial charge on any atom is 0.241 e. The van der Waals surface area contributed by atoms with Crippen LogP contribution in [-0.2, 0) is 22.4 Å². The third kappa shape index (κ3) is 4.13. The molecule has 0 N–H and O–H groups in total. The molecule has 0 radical (unpaired) electrons. The molecule has 0 saturated carbocycles. The molecule has 1 amide bonds. The van der Waals surface area contributed by atoms with Crippen LogP contribution in [0, 0.1) is 0 Å². The first-order valence-corrected chi connectivity index (χ1v) is 11.1. The molecule has 1 fully saturated rings. The number of benzene rings is 1. The predicted octanol–water partition coefficient (Wildman–Crippen LogP) is 2.44.